The van der Waals surface area contributed by atoms with Gasteiger partial charge >= 0.3 is 0 Å². The summed E-state index contributed by atoms with van der Waals surface area (Å²) in [6, 6.07) is 6.43. The average molecular weight is 421 g/mol. The number of benzene rings is 1. The number of sulfone groups is 1. The van der Waals surface area contributed by atoms with E-state index in [9.17, 15) is 13.2 Å². The van der Waals surface area contributed by atoms with Crippen molar-refractivity contribution in [2.24, 2.45) is 0 Å². The highest BCUT2D eigenvalue weighted by Crippen LogP contribution is 2.25. The van der Waals surface area contributed by atoms with Gasteiger partial charge in [0.15, 0.2) is 9.84 Å². The predicted molar refractivity (Wildman–Crippen MR) is 106 cm³/mol. The van der Waals surface area contributed by atoms with Gasteiger partial charge < -0.3 is 19.7 Å². The smallest absolute Gasteiger partial charge is 0.254 e. The second-order valence-corrected chi connectivity index (χ2v) is 8.64. The van der Waals surface area contributed by atoms with E-state index in [0.29, 0.717) is 38.2 Å². The topological polar surface area (TPSA) is 84.9 Å². The summed E-state index contributed by atoms with van der Waals surface area (Å²) in [5.74, 6) is 0.509. The van der Waals surface area contributed by atoms with Gasteiger partial charge in [0.25, 0.3) is 5.91 Å². The molecule has 2 rings (SSSR count). The molecule has 0 unspecified atom stereocenters. The average Bonchev–Trinajstić information content (AvgIpc) is 2.64. The summed E-state index contributed by atoms with van der Waals surface area (Å²) in [6.45, 7) is 2.48. The van der Waals surface area contributed by atoms with E-state index in [0.717, 1.165) is 13.1 Å². The Bertz CT molecular complexity index is 720. The van der Waals surface area contributed by atoms with Gasteiger partial charge in [0.2, 0.25) is 0 Å². The van der Waals surface area contributed by atoms with Crippen LogP contribution in [0.1, 0.15) is 19.3 Å². The van der Waals surface area contributed by atoms with Gasteiger partial charge in [0.05, 0.1) is 11.5 Å². The fourth-order valence-electron chi connectivity index (χ4n) is 3.07. The van der Waals surface area contributed by atoms with Crippen LogP contribution in [0.15, 0.2) is 29.2 Å². The molecule has 0 atom stereocenters. The zero-order valence-electron chi connectivity index (χ0n) is 16.1. The number of carbonyl (C=O) groups excluding carboxylic acids is 1. The Morgan fingerprint density at radius 3 is 2.56 bits per heavy atom. The number of methoxy groups -OCH3 is 1. The number of nitrogens with one attached hydrogen (secondary N) is 1. The van der Waals surface area contributed by atoms with E-state index in [1.807, 2.05) is 0 Å². The number of hydrogen-bond donors (Lipinski definition) is 1. The molecular weight excluding hydrogens is 392 g/mol. The van der Waals surface area contributed by atoms with E-state index in [-0.39, 0.29) is 23.2 Å². The van der Waals surface area contributed by atoms with Crippen molar-refractivity contribution < 1.29 is 22.7 Å². The molecule has 0 saturated carbocycles. The fraction of sp³-hybridized carbons (Fsp3) is 0.611. The molecule has 1 N–H and O–H groups in total. The Kier molecular flexibility index (Phi) is 9.01. The minimum atomic E-state index is -3.25. The number of carbonyl (C=O) groups is 1. The van der Waals surface area contributed by atoms with Gasteiger partial charge in [-0.15, -0.1) is 12.4 Å². The number of piperidine rings is 1. The number of halogens is 1. The van der Waals surface area contributed by atoms with Crippen molar-refractivity contribution in [3.05, 3.63) is 24.3 Å². The van der Waals surface area contributed by atoms with Gasteiger partial charge in [-0.25, -0.2) is 8.42 Å². The van der Waals surface area contributed by atoms with Crippen LogP contribution in [0, 0.1) is 0 Å². The molecule has 0 spiro atoms. The van der Waals surface area contributed by atoms with Crippen LogP contribution in [-0.2, 0) is 19.4 Å². The van der Waals surface area contributed by atoms with Crippen LogP contribution >= 0.6 is 12.4 Å². The summed E-state index contributed by atoms with van der Waals surface area (Å²) < 4.78 is 34.3. The van der Waals surface area contributed by atoms with Crippen LogP contribution in [0.25, 0.3) is 0 Å². The Balaban J connectivity index is 0.00000364. The molecule has 1 fully saturated rings. The largest absolute Gasteiger partial charge is 0.493 e. The van der Waals surface area contributed by atoms with E-state index >= 15 is 0 Å². The van der Waals surface area contributed by atoms with Gasteiger partial charge in [0.1, 0.15) is 11.4 Å². The van der Waals surface area contributed by atoms with Gasteiger partial charge in [-0.2, -0.15) is 0 Å². The van der Waals surface area contributed by atoms with Crippen LogP contribution in [0.4, 0.5) is 0 Å². The molecule has 1 saturated heterocycles. The van der Waals surface area contributed by atoms with Crippen molar-refractivity contribution in [1.29, 1.82) is 0 Å². The Morgan fingerprint density at radius 2 is 1.96 bits per heavy atom. The Hall–Kier alpha value is -1.35. The normalized spacial score (nSPS) is 16.3. The van der Waals surface area contributed by atoms with Crippen molar-refractivity contribution in [2.75, 3.05) is 46.7 Å². The van der Waals surface area contributed by atoms with Crippen LogP contribution in [0.2, 0.25) is 0 Å². The lowest BCUT2D eigenvalue weighted by Crippen LogP contribution is -2.54. The zero-order chi connectivity index (χ0) is 19.2. The predicted octanol–water partition coefficient (Wildman–Crippen LogP) is 1.51. The first-order chi connectivity index (χ1) is 12.3. The lowest BCUT2D eigenvalue weighted by molar-refractivity contribution is -0.157. The maximum atomic E-state index is 12.7. The maximum absolute atomic E-state index is 12.7. The molecule has 1 heterocycles. The standard InChI is InChI=1S/C18H28N2O5S.ClH/c1-20(17(21)18(24-2)8-10-19-11-9-18)12-5-13-25-15-6-4-7-16(14-15)26(3,22)23;/h4,6-7,14,19H,5,8-13H2,1-3H3;1H. The van der Waals surface area contributed by atoms with E-state index in [1.165, 1.54) is 18.4 Å². The lowest BCUT2D eigenvalue weighted by atomic mass is 9.90. The molecule has 1 aliphatic rings. The first-order valence-electron chi connectivity index (χ1n) is 8.73. The van der Waals surface area contributed by atoms with Crippen LogP contribution in [0.5, 0.6) is 5.75 Å². The van der Waals surface area contributed by atoms with Crippen molar-refractivity contribution in [3.63, 3.8) is 0 Å². The summed E-state index contributed by atoms with van der Waals surface area (Å²) in [6.07, 6.45) is 3.14. The summed E-state index contributed by atoms with van der Waals surface area (Å²) in [4.78, 5) is 14.7. The van der Waals surface area contributed by atoms with Crippen molar-refractivity contribution in [3.8, 4) is 5.75 Å². The SMILES string of the molecule is COC1(C(=O)N(C)CCCOc2cccc(S(C)(=O)=O)c2)CCNCC1.Cl. The first-order valence-corrected chi connectivity index (χ1v) is 10.6. The van der Waals surface area contributed by atoms with Gasteiger partial charge in [0, 0.05) is 27.0 Å². The number of likely N-dealkylation sites (N-methyl/N-ethyl adjacent to an activating group) is 1. The van der Waals surface area contributed by atoms with Crippen LogP contribution < -0.4 is 10.1 Å². The van der Waals surface area contributed by atoms with E-state index in [4.69, 9.17) is 9.47 Å². The third-order valence-corrected chi connectivity index (χ3v) is 5.79. The van der Waals surface area contributed by atoms with Gasteiger partial charge in [-0.1, -0.05) is 6.07 Å². The third-order valence-electron chi connectivity index (χ3n) is 4.68. The molecular formula is C18H29ClN2O5S. The van der Waals surface area contributed by atoms with Crippen LogP contribution in [-0.4, -0.2) is 71.5 Å². The number of nitrogens with zero attached hydrogens (tertiary/aromatic N) is 1. The number of ether oxygens (including phenoxy) is 2. The molecule has 9 heteroatoms. The van der Waals surface area contributed by atoms with Crippen LogP contribution in [0.3, 0.4) is 0 Å². The minimum absolute atomic E-state index is 0. The second-order valence-electron chi connectivity index (χ2n) is 6.62. The first kappa shape index (κ1) is 23.7. The molecule has 154 valence electrons. The molecule has 0 radical (unpaired) electrons. The highest BCUT2D eigenvalue weighted by Gasteiger charge is 2.41. The number of amides is 1. The lowest BCUT2D eigenvalue weighted by Gasteiger charge is -2.37. The number of hydrogen-bond acceptors (Lipinski definition) is 6. The molecule has 1 aromatic carbocycles. The van der Waals surface area contributed by atoms with Crippen molar-refractivity contribution >= 4 is 28.2 Å². The highest BCUT2D eigenvalue weighted by atomic mass is 35.5. The third kappa shape index (κ3) is 6.34. The molecule has 1 amide bonds. The monoisotopic (exact) mass is 420 g/mol. The fourth-order valence-corrected chi connectivity index (χ4v) is 3.73. The molecule has 27 heavy (non-hydrogen) atoms. The molecule has 0 aliphatic carbocycles. The van der Waals surface area contributed by atoms with Gasteiger partial charge in [-0.05, 0) is 50.6 Å². The molecule has 0 bridgehead atoms. The number of rotatable bonds is 8. The molecule has 7 nitrogen and oxygen atoms in total. The molecule has 1 aromatic rings. The van der Waals surface area contributed by atoms with Gasteiger partial charge in [-0.3, -0.25) is 4.79 Å². The highest BCUT2D eigenvalue weighted by molar-refractivity contribution is 7.90. The maximum Gasteiger partial charge on any atom is 0.254 e. The quantitative estimate of drug-likeness (QED) is 0.641. The Morgan fingerprint density at radius 1 is 1.30 bits per heavy atom. The van der Waals surface area contributed by atoms with E-state index < -0.39 is 15.4 Å². The molecule has 1 aliphatic heterocycles. The Labute approximate surface area is 167 Å². The van der Waals surface area contributed by atoms with E-state index in [2.05, 4.69) is 5.32 Å². The summed E-state index contributed by atoms with van der Waals surface area (Å²) in [5.41, 5.74) is -0.731. The minimum Gasteiger partial charge on any atom is -0.493 e. The van der Waals surface area contributed by atoms with Crippen molar-refractivity contribution in [1.82, 2.24) is 10.2 Å². The van der Waals surface area contributed by atoms with E-state index in [1.54, 1.807) is 31.2 Å². The summed E-state index contributed by atoms with van der Waals surface area (Å²) in [5, 5.41) is 3.24. The molecule has 0 aromatic heterocycles. The summed E-state index contributed by atoms with van der Waals surface area (Å²) >= 11 is 0. The second kappa shape index (κ2) is 10.3. The van der Waals surface area contributed by atoms with Crippen molar-refractivity contribution in [2.45, 2.75) is 29.8 Å². The zero-order valence-corrected chi connectivity index (χ0v) is 17.7. The summed E-state index contributed by atoms with van der Waals surface area (Å²) in [7, 11) is 0.111.